The summed E-state index contributed by atoms with van der Waals surface area (Å²) in [7, 11) is 0. The molecule has 4 nitrogen and oxygen atoms in total. The number of nitrogens with zero attached hydrogens (tertiary/aromatic N) is 3. The summed E-state index contributed by atoms with van der Waals surface area (Å²) in [4.78, 5) is 6.92. The van der Waals surface area contributed by atoms with Gasteiger partial charge in [-0.25, -0.2) is 4.98 Å². The highest BCUT2D eigenvalue weighted by Crippen LogP contribution is 2.39. The second-order valence-electron chi connectivity index (χ2n) is 4.30. The molecule has 0 radical (unpaired) electrons. The van der Waals surface area contributed by atoms with E-state index in [1.807, 2.05) is 0 Å². The monoisotopic (exact) mass is 303 g/mol. The van der Waals surface area contributed by atoms with Gasteiger partial charge in [0.2, 0.25) is 5.13 Å². The normalized spacial score (nSPS) is 26.1. The van der Waals surface area contributed by atoms with Crippen LogP contribution in [0.3, 0.4) is 0 Å². The third-order valence-corrected chi connectivity index (χ3v) is 4.47. The van der Waals surface area contributed by atoms with Crippen LogP contribution in [0.2, 0.25) is 0 Å². The Kier molecular flexibility index (Phi) is 3.13. The van der Waals surface area contributed by atoms with Crippen LogP contribution < -0.4 is 4.90 Å². The van der Waals surface area contributed by atoms with Crippen LogP contribution in [0.1, 0.15) is 24.6 Å². The highest BCUT2D eigenvalue weighted by atomic mass is 79.9. The molecule has 2 fully saturated rings. The van der Waals surface area contributed by atoms with E-state index in [1.54, 1.807) is 0 Å². The van der Waals surface area contributed by atoms with Crippen molar-refractivity contribution in [2.24, 2.45) is 0 Å². The van der Waals surface area contributed by atoms with Gasteiger partial charge in [-0.3, -0.25) is 0 Å². The van der Waals surface area contributed by atoms with E-state index in [0.717, 1.165) is 36.0 Å². The van der Waals surface area contributed by atoms with Crippen LogP contribution in [0.4, 0.5) is 5.13 Å². The Labute approximate surface area is 107 Å². The first-order valence-electron chi connectivity index (χ1n) is 5.63. The minimum atomic E-state index is 0.280. The number of morpholine rings is 1. The molecule has 1 unspecified atom stereocenters. The number of hydrogen-bond donors (Lipinski definition) is 0. The van der Waals surface area contributed by atoms with Gasteiger partial charge in [0.05, 0.1) is 12.7 Å². The molecule has 1 atom stereocenters. The maximum absolute atomic E-state index is 5.61. The van der Waals surface area contributed by atoms with Crippen LogP contribution in [0.5, 0.6) is 0 Å². The molecule has 1 aliphatic heterocycles. The zero-order chi connectivity index (χ0) is 11.0. The van der Waals surface area contributed by atoms with Gasteiger partial charge in [-0.15, -0.1) is 0 Å². The van der Waals surface area contributed by atoms with Gasteiger partial charge in [0, 0.05) is 35.9 Å². The van der Waals surface area contributed by atoms with Crippen LogP contribution in [0.15, 0.2) is 0 Å². The number of rotatable bonds is 3. The molecular weight excluding hydrogens is 290 g/mol. The number of anilines is 1. The molecule has 6 heteroatoms. The summed E-state index contributed by atoms with van der Waals surface area (Å²) in [5.74, 6) is 1.71. The number of halogens is 1. The number of ether oxygens (including phenoxy) is 1. The number of alkyl halides is 1. The van der Waals surface area contributed by atoms with E-state index < -0.39 is 0 Å². The zero-order valence-electron chi connectivity index (χ0n) is 8.93. The Morgan fingerprint density at radius 2 is 2.38 bits per heavy atom. The van der Waals surface area contributed by atoms with Crippen molar-refractivity contribution in [2.45, 2.75) is 24.9 Å². The fraction of sp³-hybridized carbons (Fsp3) is 0.800. The van der Waals surface area contributed by atoms with Crippen molar-refractivity contribution in [3.05, 3.63) is 5.82 Å². The maximum atomic E-state index is 5.61. The van der Waals surface area contributed by atoms with Crippen molar-refractivity contribution in [3.8, 4) is 0 Å². The van der Waals surface area contributed by atoms with Gasteiger partial charge in [-0.1, -0.05) is 15.9 Å². The number of aromatic nitrogens is 2. The lowest BCUT2D eigenvalue weighted by atomic mass is 10.3. The molecule has 2 aliphatic rings. The average Bonchev–Trinajstić information content (AvgIpc) is 3.07. The molecule has 1 saturated heterocycles. The lowest BCUT2D eigenvalue weighted by Gasteiger charge is -2.31. The van der Waals surface area contributed by atoms with E-state index in [-0.39, 0.29) is 6.10 Å². The molecular formula is C10H14BrN3OS. The largest absolute Gasteiger partial charge is 0.374 e. The lowest BCUT2D eigenvalue weighted by Crippen LogP contribution is -2.43. The molecule has 3 rings (SSSR count). The first-order chi connectivity index (χ1) is 7.86. The van der Waals surface area contributed by atoms with Gasteiger partial charge in [-0.2, -0.15) is 4.37 Å². The van der Waals surface area contributed by atoms with E-state index >= 15 is 0 Å². The SMILES string of the molecule is BrCC1CN(c2nc(C3CC3)ns2)CCO1. The Morgan fingerprint density at radius 3 is 3.12 bits per heavy atom. The molecule has 0 amide bonds. The Morgan fingerprint density at radius 1 is 1.50 bits per heavy atom. The Balaban J connectivity index is 1.70. The third-order valence-electron chi connectivity index (χ3n) is 2.95. The fourth-order valence-electron chi connectivity index (χ4n) is 1.85. The average molecular weight is 304 g/mol. The Bertz CT molecular complexity index is 369. The summed E-state index contributed by atoms with van der Waals surface area (Å²) in [5.41, 5.74) is 0. The van der Waals surface area contributed by atoms with Gasteiger partial charge in [0.25, 0.3) is 0 Å². The molecule has 1 aromatic heterocycles. The summed E-state index contributed by atoms with van der Waals surface area (Å²) in [6.07, 6.45) is 2.81. The van der Waals surface area contributed by atoms with Gasteiger partial charge in [0.15, 0.2) is 0 Å². The van der Waals surface area contributed by atoms with Crippen LogP contribution in [0.25, 0.3) is 0 Å². The van der Waals surface area contributed by atoms with Crippen LogP contribution in [0, 0.1) is 0 Å². The summed E-state index contributed by atoms with van der Waals surface area (Å²) in [5, 5.41) is 1.95. The first-order valence-corrected chi connectivity index (χ1v) is 7.52. The van der Waals surface area contributed by atoms with Crippen LogP contribution in [-0.4, -0.2) is 40.5 Å². The van der Waals surface area contributed by atoms with Crippen molar-refractivity contribution in [2.75, 3.05) is 29.9 Å². The minimum Gasteiger partial charge on any atom is -0.374 e. The highest BCUT2D eigenvalue weighted by molar-refractivity contribution is 9.09. The zero-order valence-corrected chi connectivity index (χ0v) is 11.3. The van der Waals surface area contributed by atoms with E-state index in [4.69, 9.17) is 4.74 Å². The molecule has 1 saturated carbocycles. The van der Waals surface area contributed by atoms with E-state index in [0.29, 0.717) is 5.92 Å². The number of hydrogen-bond acceptors (Lipinski definition) is 5. The molecule has 0 bridgehead atoms. The quantitative estimate of drug-likeness (QED) is 0.801. The van der Waals surface area contributed by atoms with E-state index in [1.165, 1.54) is 24.4 Å². The van der Waals surface area contributed by atoms with Crippen molar-refractivity contribution in [3.63, 3.8) is 0 Å². The molecule has 0 N–H and O–H groups in total. The standard InChI is InChI=1S/C10H14BrN3OS/c11-5-8-6-14(3-4-15-8)10-12-9(13-16-10)7-1-2-7/h7-8H,1-6H2. The maximum Gasteiger partial charge on any atom is 0.205 e. The molecule has 16 heavy (non-hydrogen) atoms. The summed E-state index contributed by atoms with van der Waals surface area (Å²) in [6, 6.07) is 0. The molecule has 1 aromatic rings. The fourth-order valence-corrected chi connectivity index (χ4v) is 3.02. The van der Waals surface area contributed by atoms with E-state index in [2.05, 4.69) is 30.2 Å². The molecule has 88 valence electrons. The van der Waals surface area contributed by atoms with Gasteiger partial charge in [-0.05, 0) is 12.8 Å². The van der Waals surface area contributed by atoms with Gasteiger partial charge >= 0.3 is 0 Å². The minimum absolute atomic E-state index is 0.280. The smallest absolute Gasteiger partial charge is 0.205 e. The van der Waals surface area contributed by atoms with Crippen molar-refractivity contribution < 1.29 is 4.74 Å². The Hall–Kier alpha value is -0.200. The van der Waals surface area contributed by atoms with Crippen LogP contribution >= 0.6 is 27.5 Å². The molecule has 0 spiro atoms. The molecule has 1 aliphatic carbocycles. The van der Waals surface area contributed by atoms with E-state index in [9.17, 15) is 0 Å². The predicted molar refractivity (Wildman–Crippen MR) is 67.6 cm³/mol. The van der Waals surface area contributed by atoms with Gasteiger partial charge < -0.3 is 9.64 Å². The van der Waals surface area contributed by atoms with Crippen LogP contribution in [-0.2, 0) is 4.74 Å². The summed E-state index contributed by atoms with van der Waals surface area (Å²) in [6.45, 7) is 2.64. The predicted octanol–water partition coefficient (Wildman–Crippen LogP) is 2.02. The summed E-state index contributed by atoms with van der Waals surface area (Å²) < 4.78 is 10.1. The van der Waals surface area contributed by atoms with Crippen molar-refractivity contribution in [1.82, 2.24) is 9.36 Å². The lowest BCUT2D eigenvalue weighted by molar-refractivity contribution is 0.0571. The second kappa shape index (κ2) is 4.58. The highest BCUT2D eigenvalue weighted by Gasteiger charge is 2.29. The summed E-state index contributed by atoms with van der Waals surface area (Å²) >= 11 is 5.00. The van der Waals surface area contributed by atoms with Crippen molar-refractivity contribution in [1.29, 1.82) is 0 Å². The second-order valence-corrected chi connectivity index (χ2v) is 5.68. The molecule has 2 heterocycles. The first kappa shape index (κ1) is 10.9. The molecule has 0 aromatic carbocycles. The topological polar surface area (TPSA) is 38.2 Å². The third kappa shape index (κ3) is 2.24. The van der Waals surface area contributed by atoms with Crippen molar-refractivity contribution >= 4 is 32.6 Å². The van der Waals surface area contributed by atoms with Gasteiger partial charge in [0.1, 0.15) is 5.82 Å².